The highest BCUT2D eigenvalue weighted by molar-refractivity contribution is 14.1. The minimum Gasteiger partial charge on any atom is -0.290 e. The van der Waals surface area contributed by atoms with Crippen LogP contribution in [-0.2, 0) is 4.79 Å². The van der Waals surface area contributed by atoms with Gasteiger partial charge >= 0.3 is 0 Å². The first kappa shape index (κ1) is 9.92. The van der Waals surface area contributed by atoms with E-state index in [9.17, 15) is 4.79 Å². The molecule has 0 saturated carbocycles. The minimum absolute atomic E-state index is 0.104. The van der Waals surface area contributed by atoms with Gasteiger partial charge in [-0.2, -0.15) is 0 Å². The largest absolute Gasteiger partial charge is 0.290 e. The highest BCUT2D eigenvalue weighted by atomic mass is 127. The fraction of sp³-hybridized carbons (Fsp3) is 0.444. The number of quaternary nitrogens is 1. The number of hydrogen-bond acceptors (Lipinski definition) is 1. The Balaban J connectivity index is 2.22. The van der Waals surface area contributed by atoms with Crippen molar-refractivity contribution in [3.8, 4) is 0 Å². The molecular weight excluding hydrogens is 265 g/mol. The van der Waals surface area contributed by atoms with E-state index in [1.54, 1.807) is 12.2 Å². The number of carbonyl (C=O) groups excluding carboxylic acids is 1. The summed E-state index contributed by atoms with van der Waals surface area (Å²) in [6, 6.07) is 0. The van der Waals surface area contributed by atoms with Crippen LogP contribution in [0.5, 0.6) is 0 Å². The summed E-state index contributed by atoms with van der Waals surface area (Å²) in [5.41, 5.74) is 0. The lowest BCUT2D eigenvalue weighted by Crippen LogP contribution is -3.03. The molecule has 1 aliphatic heterocycles. The Morgan fingerprint density at radius 3 is 2.50 bits per heavy atom. The maximum atomic E-state index is 10.8. The summed E-state index contributed by atoms with van der Waals surface area (Å²) in [5.74, 6) is 0.104. The average molecular weight is 278 g/mol. The lowest BCUT2D eigenvalue weighted by atomic mass is 10.3. The maximum absolute atomic E-state index is 10.8. The zero-order valence-electron chi connectivity index (χ0n) is 6.92. The molecule has 2 nitrogen and oxygen atoms in total. The molecule has 0 bridgehead atoms. The van der Waals surface area contributed by atoms with Gasteiger partial charge in [-0.1, -0.05) is 22.6 Å². The van der Waals surface area contributed by atoms with E-state index in [1.807, 2.05) is 12.4 Å². The number of ketones is 1. The molecule has 1 rings (SSSR count). The lowest BCUT2D eigenvalue weighted by Gasteiger charge is -2.10. The van der Waals surface area contributed by atoms with E-state index in [4.69, 9.17) is 0 Å². The third kappa shape index (κ3) is 3.49. The molecule has 0 saturated heterocycles. The summed E-state index contributed by atoms with van der Waals surface area (Å²) in [6.45, 7) is 1.10. The normalized spacial score (nSPS) is 17.2. The Morgan fingerprint density at radius 2 is 1.92 bits per heavy atom. The van der Waals surface area contributed by atoms with Crippen LogP contribution in [0.1, 0.15) is 12.8 Å². The first-order chi connectivity index (χ1) is 5.83. The molecule has 0 amide bonds. The second kappa shape index (κ2) is 5.48. The third-order valence-corrected chi connectivity index (χ3v) is 2.54. The summed E-state index contributed by atoms with van der Waals surface area (Å²) in [7, 11) is 0. The Morgan fingerprint density at radius 1 is 1.25 bits per heavy atom. The second-order valence-electron chi connectivity index (χ2n) is 2.79. The molecule has 0 fully saturated rings. The van der Waals surface area contributed by atoms with Crippen molar-refractivity contribution in [2.75, 3.05) is 11.0 Å². The van der Waals surface area contributed by atoms with Gasteiger partial charge in [-0.15, -0.1) is 0 Å². The van der Waals surface area contributed by atoms with E-state index in [0.717, 1.165) is 6.54 Å². The molecule has 0 spiro atoms. The maximum Gasteiger partial charge on any atom is 0.189 e. The molecule has 0 aliphatic carbocycles. The zero-order chi connectivity index (χ0) is 8.81. The van der Waals surface area contributed by atoms with Crippen LogP contribution in [0.3, 0.4) is 0 Å². The number of alkyl halides is 1. The Labute approximate surface area is 86.5 Å². The predicted octanol–water partition coefficient (Wildman–Crippen LogP) is 0.697. The minimum atomic E-state index is 0.104. The number of carbonyl (C=O) groups is 1. The highest BCUT2D eigenvalue weighted by Crippen LogP contribution is 1.91. The van der Waals surface area contributed by atoms with Gasteiger partial charge in [0, 0.05) is 12.2 Å². The van der Waals surface area contributed by atoms with Gasteiger partial charge in [0.05, 0.1) is 6.54 Å². The van der Waals surface area contributed by atoms with Crippen LogP contribution in [0.4, 0.5) is 0 Å². The number of halogens is 1. The molecule has 12 heavy (non-hydrogen) atoms. The van der Waals surface area contributed by atoms with Gasteiger partial charge in [-0.3, -0.25) is 9.69 Å². The number of hydrogen-bond donors (Lipinski definition) is 1. The van der Waals surface area contributed by atoms with Crippen molar-refractivity contribution in [1.29, 1.82) is 0 Å². The van der Waals surface area contributed by atoms with Gasteiger partial charge < -0.3 is 0 Å². The fourth-order valence-electron chi connectivity index (χ4n) is 1.08. The molecule has 0 atom stereocenters. The highest BCUT2D eigenvalue weighted by Gasteiger charge is 2.06. The number of allylic oxidation sites excluding steroid dienone is 2. The molecule has 66 valence electrons. The van der Waals surface area contributed by atoms with Gasteiger partial charge in [0.2, 0.25) is 0 Å². The summed E-state index contributed by atoms with van der Waals surface area (Å²) in [4.78, 5) is 12.0. The van der Waals surface area contributed by atoms with E-state index in [0.29, 0.717) is 0 Å². The monoisotopic (exact) mass is 278 g/mol. The second-order valence-corrected chi connectivity index (χ2v) is 3.87. The third-order valence-electron chi connectivity index (χ3n) is 1.77. The summed E-state index contributed by atoms with van der Waals surface area (Å²) in [6.07, 6.45) is 9.62. The van der Waals surface area contributed by atoms with Crippen molar-refractivity contribution in [2.24, 2.45) is 0 Å². The molecule has 1 heterocycles. The molecule has 1 N–H and O–H groups in total. The van der Waals surface area contributed by atoms with Crippen LogP contribution in [-0.4, -0.2) is 16.8 Å². The Bertz CT molecular complexity index is 195. The van der Waals surface area contributed by atoms with Crippen molar-refractivity contribution in [1.82, 2.24) is 0 Å². The molecule has 0 aromatic carbocycles. The van der Waals surface area contributed by atoms with Crippen LogP contribution in [0.25, 0.3) is 0 Å². The zero-order valence-corrected chi connectivity index (χ0v) is 9.08. The summed E-state index contributed by atoms with van der Waals surface area (Å²) in [5, 5.41) is 0. The van der Waals surface area contributed by atoms with Crippen molar-refractivity contribution in [2.45, 2.75) is 12.8 Å². The predicted molar refractivity (Wildman–Crippen MR) is 57.2 cm³/mol. The first-order valence-electron chi connectivity index (χ1n) is 4.15. The van der Waals surface area contributed by atoms with Gasteiger partial charge in [0.1, 0.15) is 12.4 Å². The molecule has 0 unspecified atom stereocenters. The van der Waals surface area contributed by atoms with Crippen LogP contribution in [0, 0.1) is 0 Å². The first-order valence-corrected chi connectivity index (χ1v) is 5.67. The molecule has 1 aliphatic rings. The van der Waals surface area contributed by atoms with E-state index in [-0.39, 0.29) is 5.78 Å². The standard InChI is InChI=1S/C9H12INO/c10-5-1-2-6-11-7-3-9(12)4-8-11/h3-4,7-8H,1-2,5-6H2/p+1. The van der Waals surface area contributed by atoms with Crippen LogP contribution >= 0.6 is 22.6 Å². The van der Waals surface area contributed by atoms with Gasteiger partial charge in [-0.05, 0) is 17.3 Å². The smallest absolute Gasteiger partial charge is 0.189 e. The van der Waals surface area contributed by atoms with Crippen molar-refractivity contribution in [3.05, 3.63) is 24.6 Å². The van der Waals surface area contributed by atoms with E-state index in [1.165, 1.54) is 22.2 Å². The van der Waals surface area contributed by atoms with Gasteiger partial charge in [0.15, 0.2) is 5.78 Å². The Kier molecular flexibility index (Phi) is 4.53. The van der Waals surface area contributed by atoms with Crippen molar-refractivity contribution >= 4 is 28.4 Å². The van der Waals surface area contributed by atoms with Crippen LogP contribution in [0.15, 0.2) is 24.6 Å². The van der Waals surface area contributed by atoms with Gasteiger partial charge in [0.25, 0.3) is 0 Å². The molecule has 3 heteroatoms. The number of nitrogens with one attached hydrogen (secondary N) is 1. The Hall–Kier alpha value is -0.160. The van der Waals surface area contributed by atoms with E-state index >= 15 is 0 Å². The lowest BCUT2D eigenvalue weighted by molar-refractivity contribution is -0.790. The fourth-order valence-corrected chi connectivity index (χ4v) is 1.62. The van der Waals surface area contributed by atoms with E-state index in [2.05, 4.69) is 22.6 Å². The molecule has 0 radical (unpaired) electrons. The summed E-state index contributed by atoms with van der Waals surface area (Å²) >= 11 is 2.39. The summed E-state index contributed by atoms with van der Waals surface area (Å²) < 4.78 is 1.22. The molecule has 0 aromatic heterocycles. The molecule has 0 aromatic rings. The SMILES string of the molecule is O=C1C=C[NH+](CCCCI)C=C1. The topological polar surface area (TPSA) is 21.5 Å². The van der Waals surface area contributed by atoms with Crippen molar-refractivity contribution < 1.29 is 9.69 Å². The van der Waals surface area contributed by atoms with Gasteiger partial charge in [-0.25, -0.2) is 0 Å². The van der Waals surface area contributed by atoms with Crippen molar-refractivity contribution in [3.63, 3.8) is 0 Å². The molecular formula is C9H13INO+. The van der Waals surface area contributed by atoms with Crippen LogP contribution in [0.2, 0.25) is 0 Å². The average Bonchev–Trinajstić information content (AvgIpc) is 2.09. The van der Waals surface area contributed by atoms with Crippen LogP contribution < -0.4 is 4.90 Å². The number of rotatable bonds is 4. The number of unbranched alkanes of at least 4 members (excludes halogenated alkanes) is 1. The van der Waals surface area contributed by atoms with E-state index < -0.39 is 0 Å². The quantitative estimate of drug-likeness (QED) is 0.456.